The molecule has 0 fully saturated rings. The lowest BCUT2D eigenvalue weighted by molar-refractivity contribution is -0.130. The average Bonchev–Trinajstić information content (AvgIpc) is 3.73. The number of ether oxygens (including phenoxy) is 2. The summed E-state index contributed by atoms with van der Waals surface area (Å²) in [5.41, 5.74) is 10.0. The molecule has 2 aromatic carbocycles. The lowest BCUT2D eigenvalue weighted by Gasteiger charge is -2.18. The molecule has 2 amide bonds. The molecule has 0 aliphatic carbocycles. The number of carbonyl (C=O) groups is 2. The number of nitrogens with zero attached hydrogens (tertiary/aromatic N) is 8. The molecule has 0 aliphatic rings. The van der Waals surface area contributed by atoms with Crippen LogP contribution >= 0.6 is 0 Å². The van der Waals surface area contributed by atoms with Crippen molar-refractivity contribution in [2.24, 2.45) is 0 Å². The second kappa shape index (κ2) is 17.6. The highest BCUT2D eigenvalue weighted by Gasteiger charge is 2.23. The highest BCUT2D eigenvalue weighted by Crippen LogP contribution is 2.31. The van der Waals surface area contributed by atoms with Crippen LogP contribution in [0.5, 0.6) is 11.5 Å². The van der Waals surface area contributed by atoms with Gasteiger partial charge in [-0.05, 0) is 128 Å². The second-order valence-corrected chi connectivity index (χ2v) is 13.8. The Hall–Kier alpha value is -6.04. The van der Waals surface area contributed by atoms with Crippen molar-refractivity contribution in [1.29, 1.82) is 0 Å². The summed E-state index contributed by atoms with van der Waals surface area (Å²) < 4.78 is 15.6. The summed E-state index contributed by atoms with van der Waals surface area (Å²) in [6.45, 7) is 19.2. The number of likely N-dealkylation sites (N-methyl/N-ethyl adjacent to an activating group) is 2. The van der Waals surface area contributed by atoms with Crippen LogP contribution in [0.15, 0.2) is 72.8 Å². The molecule has 12 nitrogen and oxygen atoms in total. The minimum absolute atomic E-state index is 0.0557. The van der Waals surface area contributed by atoms with Crippen molar-refractivity contribution >= 4 is 23.1 Å². The summed E-state index contributed by atoms with van der Waals surface area (Å²) in [5, 5.41) is 9.79. The number of hydrogen-bond donors (Lipinski definition) is 0. The van der Waals surface area contributed by atoms with Crippen LogP contribution in [-0.4, -0.2) is 90.2 Å². The van der Waals surface area contributed by atoms with E-state index in [1.165, 1.54) is 0 Å². The van der Waals surface area contributed by atoms with E-state index in [4.69, 9.17) is 29.6 Å². The van der Waals surface area contributed by atoms with Gasteiger partial charge in [0.25, 0.3) is 0 Å². The summed E-state index contributed by atoms with van der Waals surface area (Å²) in [6, 6.07) is 19.5. The van der Waals surface area contributed by atoms with Crippen molar-refractivity contribution in [2.75, 3.05) is 39.4 Å². The Morgan fingerprint density at radius 1 is 0.589 bits per heavy atom. The molecule has 0 saturated heterocycles. The van der Waals surface area contributed by atoms with Crippen LogP contribution in [0, 0.1) is 27.7 Å². The summed E-state index contributed by atoms with van der Waals surface area (Å²) >= 11 is 0. The SMILES string of the molecule is CCN(CC)C(=O)Cc1c(-c2ccc(OCC=CCOc3ccc(-c4nn5c(C)cc(C)nc5c4CC(=O)N(CC)CC)cc3)cc2)nn2c(C)cc(C)nc12. The number of aryl methyl sites for hydroxylation is 4. The number of aromatic nitrogens is 6. The van der Waals surface area contributed by atoms with Crippen LogP contribution in [0.25, 0.3) is 33.8 Å². The van der Waals surface area contributed by atoms with E-state index < -0.39 is 0 Å². The summed E-state index contributed by atoms with van der Waals surface area (Å²) in [7, 11) is 0. The predicted octanol–water partition coefficient (Wildman–Crippen LogP) is 7.18. The molecule has 292 valence electrons. The van der Waals surface area contributed by atoms with Crippen LogP contribution in [0.1, 0.15) is 61.6 Å². The number of hydrogen-bond acceptors (Lipinski definition) is 8. The van der Waals surface area contributed by atoms with E-state index in [-0.39, 0.29) is 24.7 Å². The van der Waals surface area contributed by atoms with Gasteiger partial charge in [0.05, 0.1) is 24.2 Å². The van der Waals surface area contributed by atoms with Gasteiger partial charge < -0.3 is 19.3 Å². The highest BCUT2D eigenvalue weighted by molar-refractivity contribution is 5.86. The number of fused-ring (bicyclic) bond motifs is 2. The zero-order valence-corrected chi connectivity index (χ0v) is 33.8. The Kier molecular flexibility index (Phi) is 12.5. The monoisotopic (exact) mass is 756 g/mol. The standard InChI is InChI=1S/C44H52N8O4/c1-9-49(10-2)39(53)27-37-41(47-51-31(7)25-29(5)45-43(37)51)33-15-19-35(20-16-33)55-23-13-14-24-56-36-21-17-34(18-22-36)42-38(28-40(54)50(11-3)12-4)44-46-30(6)26-32(8)52(44)48-42/h13-22,25-26H,9-12,23-24,27-28H2,1-8H3. The van der Waals surface area contributed by atoms with E-state index in [9.17, 15) is 9.59 Å². The fraction of sp³-hybridized carbons (Fsp3) is 0.364. The van der Waals surface area contributed by atoms with Crippen LogP contribution in [-0.2, 0) is 22.4 Å². The Morgan fingerprint density at radius 3 is 1.29 bits per heavy atom. The molecule has 4 aromatic heterocycles. The molecule has 0 atom stereocenters. The molecular weight excluding hydrogens is 705 g/mol. The van der Waals surface area contributed by atoms with Crippen molar-refractivity contribution in [3.05, 3.63) is 107 Å². The van der Waals surface area contributed by atoms with Gasteiger partial charge in [-0.2, -0.15) is 10.2 Å². The molecule has 56 heavy (non-hydrogen) atoms. The van der Waals surface area contributed by atoms with Crippen molar-refractivity contribution in [1.82, 2.24) is 39.0 Å². The molecule has 4 heterocycles. The molecule has 0 aliphatic heterocycles. The summed E-state index contributed by atoms with van der Waals surface area (Å²) in [6.07, 6.45) is 4.30. The van der Waals surface area contributed by atoms with Crippen molar-refractivity contribution in [3.8, 4) is 34.0 Å². The van der Waals surface area contributed by atoms with Gasteiger partial charge >= 0.3 is 0 Å². The van der Waals surface area contributed by atoms with Crippen molar-refractivity contribution in [2.45, 2.75) is 68.2 Å². The third-order valence-electron chi connectivity index (χ3n) is 9.98. The minimum Gasteiger partial charge on any atom is -0.490 e. The Labute approximate surface area is 328 Å². The summed E-state index contributed by atoms with van der Waals surface area (Å²) in [4.78, 5) is 39.6. The Balaban J connectivity index is 1.08. The lowest BCUT2D eigenvalue weighted by atomic mass is 10.0. The molecule has 0 unspecified atom stereocenters. The second-order valence-electron chi connectivity index (χ2n) is 13.8. The molecule has 6 aromatic rings. The van der Waals surface area contributed by atoms with E-state index in [1.807, 2.05) is 147 Å². The third kappa shape index (κ3) is 8.59. The van der Waals surface area contributed by atoms with E-state index in [1.54, 1.807) is 0 Å². The van der Waals surface area contributed by atoms with Crippen LogP contribution in [0.4, 0.5) is 0 Å². The van der Waals surface area contributed by atoms with Gasteiger partial charge in [0.1, 0.15) is 24.7 Å². The first-order chi connectivity index (χ1) is 27.0. The maximum atomic E-state index is 13.2. The van der Waals surface area contributed by atoms with E-state index in [0.717, 1.165) is 67.9 Å². The molecule has 0 radical (unpaired) electrons. The van der Waals surface area contributed by atoms with Gasteiger partial charge in [0.15, 0.2) is 11.3 Å². The number of benzene rings is 2. The molecule has 12 heteroatoms. The third-order valence-corrected chi connectivity index (χ3v) is 9.98. The van der Waals surface area contributed by atoms with Crippen molar-refractivity contribution in [3.63, 3.8) is 0 Å². The molecule has 0 saturated carbocycles. The maximum absolute atomic E-state index is 13.2. The fourth-order valence-corrected chi connectivity index (χ4v) is 7.04. The quantitative estimate of drug-likeness (QED) is 0.0954. The van der Waals surface area contributed by atoms with Crippen LogP contribution in [0.3, 0.4) is 0 Å². The van der Waals surface area contributed by atoms with Crippen molar-refractivity contribution < 1.29 is 19.1 Å². The topological polar surface area (TPSA) is 119 Å². The Morgan fingerprint density at radius 2 is 0.946 bits per heavy atom. The number of amides is 2. The lowest BCUT2D eigenvalue weighted by Crippen LogP contribution is -2.31. The van der Waals surface area contributed by atoms with Gasteiger partial charge in [-0.3, -0.25) is 9.59 Å². The molecule has 0 bridgehead atoms. The molecule has 0 spiro atoms. The fourth-order valence-electron chi connectivity index (χ4n) is 7.04. The van der Waals surface area contributed by atoms with Crippen LogP contribution < -0.4 is 9.47 Å². The first kappa shape index (κ1) is 39.6. The van der Waals surface area contributed by atoms with Gasteiger partial charge in [-0.1, -0.05) is 0 Å². The zero-order chi connectivity index (χ0) is 39.9. The van der Waals surface area contributed by atoms with Gasteiger partial charge in [0, 0.05) is 71.2 Å². The maximum Gasteiger partial charge on any atom is 0.227 e. The number of carbonyl (C=O) groups excluding carboxylic acids is 2. The van der Waals surface area contributed by atoms with E-state index in [0.29, 0.717) is 50.7 Å². The summed E-state index contributed by atoms with van der Waals surface area (Å²) in [5.74, 6) is 1.55. The largest absolute Gasteiger partial charge is 0.490 e. The predicted molar refractivity (Wildman–Crippen MR) is 219 cm³/mol. The molecule has 0 N–H and O–H groups in total. The normalized spacial score (nSPS) is 11.5. The van der Waals surface area contributed by atoms with Crippen LogP contribution in [0.2, 0.25) is 0 Å². The smallest absolute Gasteiger partial charge is 0.227 e. The van der Waals surface area contributed by atoms with Gasteiger partial charge in [-0.25, -0.2) is 19.0 Å². The van der Waals surface area contributed by atoms with Gasteiger partial charge in [0.2, 0.25) is 11.8 Å². The first-order valence-corrected chi connectivity index (χ1v) is 19.4. The Bertz CT molecular complexity index is 2190. The minimum atomic E-state index is 0.0557. The van der Waals surface area contributed by atoms with Gasteiger partial charge in [-0.15, -0.1) is 0 Å². The molecule has 6 rings (SSSR count). The zero-order valence-electron chi connectivity index (χ0n) is 33.8. The average molecular weight is 757 g/mol. The van der Waals surface area contributed by atoms with E-state index >= 15 is 0 Å². The number of rotatable bonds is 16. The highest BCUT2D eigenvalue weighted by atomic mass is 16.5. The molecular formula is C44H52N8O4. The first-order valence-electron chi connectivity index (χ1n) is 19.4. The van der Waals surface area contributed by atoms with E-state index in [2.05, 4.69) is 0 Å².